The second-order valence-corrected chi connectivity index (χ2v) is 7.17. The van der Waals surface area contributed by atoms with Gasteiger partial charge in [0.15, 0.2) is 5.70 Å². The zero-order valence-electron chi connectivity index (χ0n) is 15.1. The van der Waals surface area contributed by atoms with Crippen LogP contribution in [0.5, 0.6) is 5.75 Å². The van der Waals surface area contributed by atoms with E-state index in [-0.39, 0.29) is 11.6 Å². The number of aliphatic imine (C=N–C) groups is 1. The van der Waals surface area contributed by atoms with E-state index < -0.39 is 5.97 Å². The molecular formula is C23H15Cl2NO3. The van der Waals surface area contributed by atoms with Gasteiger partial charge in [-0.1, -0.05) is 53.5 Å². The van der Waals surface area contributed by atoms with Gasteiger partial charge in [-0.2, -0.15) is 0 Å². The molecule has 3 aromatic carbocycles. The van der Waals surface area contributed by atoms with E-state index in [0.29, 0.717) is 28.0 Å². The van der Waals surface area contributed by atoms with Crippen molar-refractivity contribution in [3.63, 3.8) is 0 Å². The molecule has 3 aromatic rings. The first kappa shape index (κ1) is 19.2. The van der Waals surface area contributed by atoms with Gasteiger partial charge in [0.25, 0.3) is 0 Å². The number of carbonyl (C=O) groups excluding carboxylic acids is 1. The number of benzene rings is 3. The second-order valence-electron chi connectivity index (χ2n) is 6.30. The summed E-state index contributed by atoms with van der Waals surface area (Å²) in [4.78, 5) is 16.6. The number of cyclic esters (lactones) is 1. The average Bonchev–Trinajstić information content (AvgIpc) is 3.09. The molecule has 144 valence electrons. The van der Waals surface area contributed by atoms with E-state index in [1.807, 2.05) is 48.5 Å². The summed E-state index contributed by atoms with van der Waals surface area (Å²) in [6.07, 6.45) is 1.66. The topological polar surface area (TPSA) is 47.9 Å². The Hall–Kier alpha value is -3.08. The van der Waals surface area contributed by atoms with Crippen LogP contribution in [0.1, 0.15) is 16.7 Å². The highest BCUT2D eigenvalue weighted by Gasteiger charge is 2.24. The summed E-state index contributed by atoms with van der Waals surface area (Å²) < 4.78 is 11.2. The van der Waals surface area contributed by atoms with Crippen LogP contribution >= 0.6 is 23.2 Å². The third-order valence-corrected chi connectivity index (χ3v) is 4.73. The Morgan fingerprint density at radius 2 is 1.55 bits per heavy atom. The van der Waals surface area contributed by atoms with Gasteiger partial charge < -0.3 is 9.47 Å². The second kappa shape index (κ2) is 8.52. The average molecular weight is 424 g/mol. The molecule has 1 heterocycles. The monoisotopic (exact) mass is 423 g/mol. The summed E-state index contributed by atoms with van der Waals surface area (Å²) >= 11 is 11.8. The van der Waals surface area contributed by atoms with E-state index in [2.05, 4.69) is 4.99 Å². The van der Waals surface area contributed by atoms with Gasteiger partial charge in [-0.15, -0.1) is 0 Å². The Morgan fingerprint density at radius 3 is 2.28 bits per heavy atom. The van der Waals surface area contributed by atoms with Gasteiger partial charge >= 0.3 is 5.97 Å². The Bertz CT molecular complexity index is 1100. The summed E-state index contributed by atoms with van der Waals surface area (Å²) in [5.74, 6) is 0.373. The maximum Gasteiger partial charge on any atom is 0.363 e. The molecule has 1 aliphatic rings. The van der Waals surface area contributed by atoms with Crippen LogP contribution in [0.3, 0.4) is 0 Å². The third kappa shape index (κ3) is 4.67. The van der Waals surface area contributed by atoms with Crippen LogP contribution in [0.25, 0.3) is 6.08 Å². The Balaban J connectivity index is 1.56. The number of rotatable bonds is 5. The van der Waals surface area contributed by atoms with Crippen LogP contribution < -0.4 is 4.74 Å². The molecule has 0 unspecified atom stereocenters. The maximum atomic E-state index is 12.3. The molecule has 0 amide bonds. The van der Waals surface area contributed by atoms with Crippen molar-refractivity contribution in [2.24, 2.45) is 4.99 Å². The maximum absolute atomic E-state index is 12.3. The quantitative estimate of drug-likeness (QED) is 0.378. The van der Waals surface area contributed by atoms with Crippen molar-refractivity contribution in [2.45, 2.75) is 6.61 Å². The normalized spacial score (nSPS) is 14.6. The lowest BCUT2D eigenvalue weighted by Gasteiger charge is -2.09. The minimum absolute atomic E-state index is 0.206. The van der Waals surface area contributed by atoms with Crippen molar-refractivity contribution in [2.75, 3.05) is 0 Å². The van der Waals surface area contributed by atoms with E-state index in [4.69, 9.17) is 32.7 Å². The molecule has 29 heavy (non-hydrogen) atoms. The Kier molecular flexibility index (Phi) is 5.65. The van der Waals surface area contributed by atoms with E-state index in [1.165, 1.54) is 0 Å². The zero-order valence-corrected chi connectivity index (χ0v) is 16.7. The van der Waals surface area contributed by atoms with Gasteiger partial charge in [0.05, 0.1) is 0 Å². The van der Waals surface area contributed by atoms with Crippen LogP contribution in [0.15, 0.2) is 83.5 Å². The number of carbonyl (C=O) groups is 1. The molecule has 0 N–H and O–H groups in total. The van der Waals surface area contributed by atoms with Crippen molar-refractivity contribution in [1.82, 2.24) is 0 Å². The lowest BCUT2D eigenvalue weighted by atomic mass is 10.1. The fourth-order valence-electron chi connectivity index (χ4n) is 2.75. The lowest BCUT2D eigenvalue weighted by molar-refractivity contribution is -0.129. The van der Waals surface area contributed by atoms with Gasteiger partial charge in [0, 0.05) is 21.2 Å². The zero-order chi connectivity index (χ0) is 20.2. The number of hydrogen-bond acceptors (Lipinski definition) is 4. The molecule has 0 aliphatic carbocycles. The van der Waals surface area contributed by atoms with Gasteiger partial charge in [0.2, 0.25) is 5.90 Å². The summed E-state index contributed by atoms with van der Waals surface area (Å²) in [6.45, 7) is 0.376. The summed E-state index contributed by atoms with van der Waals surface area (Å²) in [7, 11) is 0. The van der Waals surface area contributed by atoms with Gasteiger partial charge in [-0.25, -0.2) is 9.79 Å². The number of esters is 1. The van der Waals surface area contributed by atoms with Crippen molar-refractivity contribution in [1.29, 1.82) is 0 Å². The van der Waals surface area contributed by atoms with E-state index in [1.54, 1.807) is 30.3 Å². The van der Waals surface area contributed by atoms with E-state index >= 15 is 0 Å². The molecule has 6 heteroatoms. The van der Waals surface area contributed by atoms with Crippen LogP contribution in [-0.4, -0.2) is 11.9 Å². The summed E-state index contributed by atoms with van der Waals surface area (Å²) in [5.41, 5.74) is 2.60. The number of nitrogens with zero attached hydrogens (tertiary/aromatic N) is 1. The highest BCUT2D eigenvalue weighted by Crippen LogP contribution is 2.26. The van der Waals surface area contributed by atoms with Crippen LogP contribution in [0.2, 0.25) is 10.0 Å². The van der Waals surface area contributed by atoms with Crippen LogP contribution in [-0.2, 0) is 16.1 Å². The first-order valence-electron chi connectivity index (χ1n) is 8.83. The Morgan fingerprint density at radius 1 is 0.897 bits per heavy atom. The lowest BCUT2D eigenvalue weighted by Crippen LogP contribution is -2.05. The largest absolute Gasteiger partial charge is 0.488 e. The predicted octanol–water partition coefficient (Wildman–Crippen LogP) is 5.92. The molecule has 0 aromatic heterocycles. The fourth-order valence-corrected chi connectivity index (χ4v) is 3.00. The molecule has 0 spiro atoms. The fraction of sp³-hybridized carbons (Fsp3) is 0.0435. The summed E-state index contributed by atoms with van der Waals surface area (Å²) in [6, 6.07) is 21.8. The van der Waals surface area contributed by atoms with Crippen molar-refractivity contribution < 1.29 is 14.3 Å². The molecule has 0 radical (unpaired) electrons. The standard InChI is InChI=1S/C23H15Cl2NO3/c24-18-9-5-15(6-10-18)14-28-21-4-2-1-3-17(21)13-20-23(27)29-22(26-20)16-7-11-19(25)12-8-16/h1-13H,14H2/b20-13+. The minimum Gasteiger partial charge on any atom is -0.488 e. The molecule has 0 fully saturated rings. The molecule has 0 bridgehead atoms. The smallest absolute Gasteiger partial charge is 0.363 e. The van der Waals surface area contributed by atoms with Gasteiger partial charge in [-0.3, -0.25) is 0 Å². The first-order chi connectivity index (χ1) is 14.1. The van der Waals surface area contributed by atoms with Crippen molar-refractivity contribution in [3.05, 3.63) is 105 Å². The minimum atomic E-state index is -0.512. The highest BCUT2D eigenvalue weighted by atomic mass is 35.5. The predicted molar refractivity (Wildman–Crippen MR) is 114 cm³/mol. The van der Waals surface area contributed by atoms with Crippen LogP contribution in [0.4, 0.5) is 0 Å². The molecular weight excluding hydrogens is 409 g/mol. The molecule has 0 atom stereocenters. The molecule has 0 saturated heterocycles. The number of para-hydroxylation sites is 1. The highest BCUT2D eigenvalue weighted by molar-refractivity contribution is 6.31. The molecule has 4 rings (SSSR count). The van der Waals surface area contributed by atoms with E-state index in [0.717, 1.165) is 11.1 Å². The third-order valence-electron chi connectivity index (χ3n) is 4.23. The van der Waals surface area contributed by atoms with Gasteiger partial charge in [0.1, 0.15) is 12.4 Å². The van der Waals surface area contributed by atoms with E-state index in [9.17, 15) is 4.79 Å². The SMILES string of the molecule is O=C1OC(c2ccc(Cl)cc2)=N/C1=C/c1ccccc1OCc1ccc(Cl)cc1. The van der Waals surface area contributed by atoms with Crippen LogP contribution in [0, 0.1) is 0 Å². The number of halogens is 2. The Labute approximate surface area is 178 Å². The number of hydrogen-bond donors (Lipinski definition) is 0. The molecule has 1 aliphatic heterocycles. The molecule has 4 nitrogen and oxygen atoms in total. The number of ether oxygens (including phenoxy) is 2. The van der Waals surface area contributed by atoms with Gasteiger partial charge in [-0.05, 0) is 54.1 Å². The molecule has 0 saturated carbocycles. The van der Waals surface area contributed by atoms with Crippen molar-refractivity contribution >= 4 is 41.1 Å². The first-order valence-corrected chi connectivity index (χ1v) is 9.59. The van der Waals surface area contributed by atoms with Crippen molar-refractivity contribution in [3.8, 4) is 5.75 Å². The summed E-state index contributed by atoms with van der Waals surface area (Å²) in [5, 5.41) is 1.27.